The summed E-state index contributed by atoms with van der Waals surface area (Å²) in [7, 11) is 0. The summed E-state index contributed by atoms with van der Waals surface area (Å²) in [6, 6.07) is 13.6. The Labute approximate surface area is 173 Å². The van der Waals surface area contributed by atoms with Crippen LogP contribution < -0.4 is 14.8 Å². The van der Waals surface area contributed by atoms with Crippen molar-refractivity contribution in [3.63, 3.8) is 0 Å². The lowest BCUT2D eigenvalue weighted by Gasteiger charge is -2.29. The van der Waals surface area contributed by atoms with Crippen LogP contribution in [-0.2, 0) is 9.59 Å². The topological polar surface area (TPSA) is 67.9 Å². The molecule has 0 radical (unpaired) electrons. The highest BCUT2D eigenvalue weighted by Gasteiger charge is 2.35. The zero-order chi connectivity index (χ0) is 19.8. The molecule has 1 fully saturated rings. The van der Waals surface area contributed by atoms with E-state index in [1.165, 1.54) is 11.8 Å². The number of benzene rings is 2. The number of carbonyl (C=O) groups excluding carboxylic acids is 2. The summed E-state index contributed by atoms with van der Waals surface area (Å²) >= 11 is 1.47. The summed E-state index contributed by atoms with van der Waals surface area (Å²) in [5.41, 5.74) is 1.88. The molecule has 7 heteroatoms. The molecule has 2 atom stereocenters. The van der Waals surface area contributed by atoms with E-state index in [-0.39, 0.29) is 24.3 Å². The highest BCUT2D eigenvalue weighted by atomic mass is 32.2. The van der Waals surface area contributed by atoms with Gasteiger partial charge in [0.2, 0.25) is 11.8 Å². The van der Waals surface area contributed by atoms with E-state index in [1.54, 1.807) is 0 Å². The summed E-state index contributed by atoms with van der Waals surface area (Å²) < 4.78 is 11.3. The summed E-state index contributed by atoms with van der Waals surface area (Å²) in [5, 5.41) is 2.52. The van der Waals surface area contributed by atoms with Crippen LogP contribution in [-0.4, -0.2) is 41.7 Å². The summed E-state index contributed by atoms with van der Waals surface area (Å²) in [6.07, 6.45) is 2.07. The molecule has 1 N–H and O–H groups in total. The normalized spacial score (nSPS) is 22.8. The lowest BCUT2D eigenvalue weighted by atomic mass is 10.0. The van der Waals surface area contributed by atoms with E-state index in [0.29, 0.717) is 19.8 Å². The van der Waals surface area contributed by atoms with E-state index in [1.807, 2.05) is 47.4 Å². The summed E-state index contributed by atoms with van der Waals surface area (Å²) in [6.45, 7) is 1.82. The Morgan fingerprint density at radius 3 is 2.86 bits per heavy atom. The van der Waals surface area contributed by atoms with Crippen molar-refractivity contribution in [2.75, 3.05) is 25.1 Å². The van der Waals surface area contributed by atoms with Crippen LogP contribution in [0.3, 0.4) is 0 Å². The number of hydrogen-bond donors (Lipinski definition) is 1. The number of likely N-dealkylation sites (tertiary alicyclic amines) is 1. The Kier molecular flexibility index (Phi) is 4.83. The van der Waals surface area contributed by atoms with E-state index in [2.05, 4.69) is 5.32 Å². The van der Waals surface area contributed by atoms with Gasteiger partial charge in [-0.3, -0.25) is 9.59 Å². The van der Waals surface area contributed by atoms with Crippen LogP contribution in [0.5, 0.6) is 11.5 Å². The van der Waals surface area contributed by atoms with Gasteiger partial charge in [-0.1, -0.05) is 18.2 Å². The fourth-order valence-electron chi connectivity index (χ4n) is 4.18. The van der Waals surface area contributed by atoms with Crippen LogP contribution in [0.4, 0.5) is 5.69 Å². The average Bonchev–Trinajstić information content (AvgIpc) is 3.24. The van der Waals surface area contributed by atoms with E-state index < -0.39 is 5.25 Å². The van der Waals surface area contributed by atoms with Crippen molar-refractivity contribution in [1.82, 2.24) is 4.90 Å². The first kappa shape index (κ1) is 18.4. The summed E-state index contributed by atoms with van der Waals surface area (Å²) in [4.78, 5) is 28.5. The van der Waals surface area contributed by atoms with Crippen molar-refractivity contribution in [2.24, 2.45) is 0 Å². The van der Waals surface area contributed by atoms with Gasteiger partial charge in [-0.25, -0.2) is 0 Å². The molecule has 0 spiro atoms. The maximum Gasteiger partial charge on any atom is 0.238 e. The molecule has 3 heterocycles. The Hall–Kier alpha value is -2.67. The van der Waals surface area contributed by atoms with Crippen molar-refractivity contribution >= 4 is 29.3 Å². The minimum Gasteiger partial charge on any atom is -0.486 e. The molecule has 0 unspecified atom stereocenters. The molecule has 6 nitrogen and oxygen atoms in total. The third kappa shape index (κ3) is 3.55. The molecule has 3 aliphatic heterocycles. The standard InChI is InChI=1S/C22H22N2O4S/c25-21(13-20-22(26)23-15-4-1-2-6-19(15)29-20)24-9-3-5-16(24)14-7-8-17-18(12-14)28-11-10-27-17/h1-2,4,6-8,12,16,20H,3,5,9-11,13H2,(H,23,26)/t16-,20-/m0/s1. The van der Waals surface area contributed by atoms with Crippen LogP contribution in [0, 0.1) is 0 Å². The molecule has 0 saturated carbocycles. The number of carbonyl (C=O) groups is 2. The number of fused-ring (bicyclic) bond motifs is 2. The molecule has 5 rings (SSSR count). The fourth-order valence-corrected chi connectivity index (χ4v) is 5.28. The van der Waals surface area contributed by atoms with Crippen molar-refractivity contribution in [3.8, 4) is 11.5 Å². The SMILES string of the molecule is O=C1Nc2ccccc2S[C@H]1CC(=O)N1CCC[C@H]1c1ccc2c(c1)OCCO2. The maximum atomic E-state index is 13.1. The van der Waals surface area contributed by atoms with Gasteiger partial charge in [0.25, 0.3) is 0 Å². The molecule has 0 aromatic heterocycles. The van der Waals surface area contributed by atoms with Gasteiger partial charge in [0.15, 0.2) is 11.5 Å². The zero-order valence-electron chi connectivity index (χ0n) is 15.9. The van der Waals surface area contributed by atoms with Gasteiger partial charge in [-0.15, -0.1) is 11.8 Å². The highest BCUT2D eigenvalue weighted by molar-refractivity contribution is 8.01. The van der Waals surface area contributed by atoms with E-state index in [0.717, 1.165) is 40.5 Å². The van der Waals surface area contributed by atoms with E-state index in [9.17, 15) is 9.59 Å². The smallest absolute Gasteiger partial charge is 0.238 e. The van der Waals surface area contributed by atoms with Gasteiger partial charge in [-0.05, 0) is 42.7 Å². The minimum absolute atomic E-state index is 0.0160. The number of rotatable bonds is 3. The van der Waals surface area contributed by atoms with Crippen LogP contribution >= 0.6 is 11.8 Å². The molecule has 150 valence electrons. The van der Waals surface area contributed by atoms with E-state index >= 15 is 0 Å². The quantitative estimate of drug-likeness (QED) is 0.837. The number of ether oxygens (including phenoxy) is 2. The van der Waals surface area contributed by atoms with Gasteiger partial charge in [-0.2, -0.15) is 0 Å². The second-order valence-electron chi connectivity index (χ2n) is 7.44. The third-order valence-corrected chi connectivity index (χ3v) is 6.87. The lowest BCUT2D eigenvalue weighted by molar-refractivity contribution is -0.133. The molecular formula is C22H22N2O4S. The van der Waals surface area contributed by atoms with Crippen molar-refractivity contribution in [3.05, 3.63) is 48.0 Å². The second kappa shape index (κ2) is 7.63. The molecule has 1 saturated heterocycles. The fraction of sp³-hybridized carbons (Fsp3) is 0.364. The first-order valence-electron chi connectivity index (χ1n) is 9.94. The van der Waals surface area contributed by atoms with Gasteiger partial charge in [0.1, 0.15) is 13.2 Å². The molecule has 3 aliphatic rings. The molecule has 2 aromatic rings. The highest BCUT2D eigenvalue weighted by Crippen LogP contribution is 2.40. The third-order valence-electron chi connectivity index (χ3n) is 5.59. The predicted molar refractivity (Wildman–Crippen MR) is 110 cm³/mol. The van der Waals surface area contributed by atoms with Crippen LogP contribution in [0.25, 0.3) is 0 Å². The number of para-hydroxylation sites is 1. The molecule has 2 aromatic carbocycles. The van der Waals surface area contributed by atoms with Gasteiger partial charge >= 0.3 is 0 Å². The zero-order valence-corrected chi connectivity index (χ0v) is 16.7. The van der Waals surface area contributed by atoms with Crippen molar-refractivity contribution in [1.29, 1.82) is 0 Å². The molecule has 2 amide bonds. The second-order valence-corrected chi connectivity index (χ2v) is 8.69. The minimum atomic E-state index is -0.404. The Bertz CT molecular complexity index is 964. The van der Waals surface area contributed by atoms with Crippen LogP contribution in [0.1, 0.15) is 30.9 Å². The summed E-state index contributed by atoms with van der Waals surface area (Å²) in [5.74, 6) is 1.42. The largest absolute Gasteiger partial charge is 0.486 e. The Morgan fingerprint density at radius 2 is 1.97 bits per heavy atom. The number of thioether (sulfide) groups is 1. The van der Waals surface area contributed by atoms with Crippen LogP contribution in [0.15, 0.2) is 47.4 Å². The maximum absolute atomic E-state index is 13.1. The molecule has 0 bridgehead atoms. The number of amides is 2. The number of nitrogens with one attached hydrogen (secondary N) is 1. The van der Waals surface area contributed by atoms with Gasteiger partial charge in [0.05, 0.1) is 17.0 Å². The average molecular weight is 410 g/mol. The molecule has 29 heavy (non-hydrogen) atoms. The lowest BCUT2D eigenvalue weighted by Crippen LogP contribution is -2.37. The molecular weight excluding hydrogens is 388 g/mol. The van der Waals surface area contributed by atoms with Crippen LogP contribution in [0.2, 0.25) is 0 Å². The van der Waals surface area contributed by atoms with E-state index in [4.69, 9.17) is 9.47 Å². The Morgan fingerprint density at radius 1 is 1.14 bits per heavy atom. The number of hydrogen-bond acceptors (Lipinski definition) is 5. The van der Waals surface area contributed by atoms with Gasteiger partial charge < -0.3 is 19.7 Å². The predicted octanol–water partition coefficient (Wildman–Crippen LogP) is 3.62. The van der Waals surface area contributed by atoms with Gasteiger partial charge in [0, 0.05) is 17.9 Å². The monoisotopic (exact) mass is 410 g/mol. The Balaban J connectivity index is 1.31. The first-order chi connectivity index (χ1) is 14.2. The molecule has 0 aliphatic carbocycles. The number of nitrogens with zero attached hydrogens (tertiary/aromatic N) is 1. The van der Waals surface area contributed by atoms with Crippen molar-refractivity contribution < 1.29 is 19.1 Å². The first-order valence-corrected chi connectivity index (χ1v) is 10.8. The number of anilines is 1. The van der Waals surface area contributed by atoms with Crippen molar-refractivity contribution in [2.45, 2.75) is 35.4 Å².